The van der Waals surface area contributed by atoms with E-state index in [4.69, 9.17) is 21.3 Å². The number of halogens is 1. The molecule has 0 unspecified atom stereocenters. The van der Waals surface area contributed by atoms with Crippen LogP contribution in [0.3, 0.4) is 0 Å². The third-order valence-corrected chi connectivity index (χ3v) is 6.70. The molecule has 4 nitrogen and oxygen atoms in total. The van der Waals surface area contributed by atoms with E-state index in [1.807, 2.05) is 18.2 Å². The molecular formula is C26H34ClN3O. The molecule has 0 bridgehead atoms. The third-order valence-electron chi connectivity index (χ3n) is 6.41. The zero-order valence-electron chi connectivity index (χ0n) is 19.2. The zero-order chi connectivity index (χ0) is 22.0. The molecule has 0 aliphatic carbocycles. The van der Waals surface area contributed by atoms with Crippen LogP contribution >= 0.6 is 11.6 Å². The van der Waals surface area contributed by atoms with Crippen LogP contribution in [0.4, 0.5) is 0 Å². The summed E-state index contributed by atoms with van der Waals surface area (Å²) in [6.07, 6.45) is 4.92. The summed E-state index contributed by atoms with van der Waals surface area (Å²) >= 11 is 6.53. The summed E-state index contributed by atoms with van der Waals surface area (Å²) in [6, 6.07) is 12.4. The number of likely N-dealkylation sites (tertiary alicyclic amines) is 1. The maximum atomic E-state index is 6.53. The van der Waals surface area contributed by atoms with Gasteiger partial charge in [0.15, 0.2) is 0 Å². The van der Waals surface area contributed by atoms with Crippen LogP contribution in [-0.2, 0) is 5.41 Å². The second kappa shape index (κ2) is 9.22. The normalized spacial score (nSPS) is 16.2. The second-order valence-corrected chi connectivity index (χ2v) is 10.4. The minimum Gasteiger partial charge on any atom is -0.492 e. The molecule has 0 radical (unpaired) electrons. The maximum absolute atomic E-state index is 6.53. The van der Waals surface area contributed by atoms with Crippen molar-refractivity contribution < 1.29 is 4.74 Å². The quantitative estimate of drug-likeness (QED) is 0.435. The molecular weight excluding hydrogens is 406 g/mol. The van der Waals surface area contributed by atoms with E-state index in [9.17, 15) is 0 Å². The highest BCUT2D eigenvalue weighted by atomic mass is 35.5. The minimum atomic E-state index is 0.100. The van der Waals surface area contributed by atoms with Gasteiger partial charge in [0.05, 0.1) is 22.7 Å². The smallest absolute Gasteiger partial charge is 0.138 e. The molecule has 1 fully saturated rings. The van der Waals surface area contributed by atoms with Crippen molar-refractivity contribution >= 4 is 22.6 Å². The monoisotopic (exact) mass is 439 g/mol. The van der Waals surface area contributed by atoms with E-state index in [0.29, 0.717) is 11.6 Å². The fraction of sp³-hybridized carbons (Fsp3) is 0.500. The van der Waals surface area contributed by atoms with Gasteiger partial charge in [-0.15, -0.1) is 0 Å². The van der Waals surface area contributed by atoms with Gasteiger partial charge in [0.1, 0.15) is 11.6 Å². The number of rotatable bonds is 6. The zero-order valence-corrected chi connectivity index (χ0v) is 19.9. The number of hydrogen-bond acceptors (Lipinski definition) is 3. The number of fused-ring (bicyclic) bond motifs is 1. The standard InChI is InChI=1S/C26H34ClN3O/c1-26(2,3)20-8-9-22-23(17-20)29-25(28-22)19-7-10-24(21(27)16-19)31-15-5-6-18-11-13-30(4)14-12-18/h7-10,16-18H,5-6,11-15H2,1-4H3,(H,28,29). The summed E-state index contributed by atoms with van der Waals surface area (Å²) in [5.41, 5.74) is 4.36. The lowest BCUT2D eigenvalue weighted by Crippen LogP contribution is -2.30. The van der Waals surface area contributed by atoms with Crippen LogP contribution < -0.4 is 4.74 Å². The van der Waals surface area contributed by atoms with Crippen LogP contribution in [0.15, 0.2) is 36.4 Å². The molecule has 1 aliphatic heterocycles. The van der Waals surface area contributed by atoms with Crippen LogP contribution in [0.5, 0.6) is 5.75 Å². The Balaban J connectivity index is 1.38. The third kappa shape index (κ3) is 5.42. The lowest BCUT2D eigenvalue weighted by atomic mass is 9.87. The van der Waals surface area contributed by atoms with Gasteiger partial charge in [0, 0.05) is 5.56 Å². The Morgan fingerprint density at radius 3 is 2.61 bits per heavy atom. The summed E-state index contributed by atoms with van der Waals surface area (Å²) in [5, 5.41) is 0.632. The average Bonchev–Trinajstić information content (AvgIpc) is 3.16. The topological polar surface area (TPSA) is 41.1 Å². The number of nitrogens with one attached hydrogen (secondary N) is 1. The first-order valence-electron chi connectivity index (χ1n) is 11.4. The van der Waals surface area contributed by atoms with Crippen molar-refractivity contribution in [3.63, 3.8) is 0 Å². The number of benzene rings is 2. The Hall–Kier alpha value is -2.04. The van der Waals surface area contributed by atoms with E-state index in [-0.39, 0.29) is 5.41 Å². The Kier molecular flexibility index (Phi) is 6.59. The fourth-order valence-corrected chi connectivity index (χ4v) is 4.51. The number of hydrogen-bond donors (Lipinski definition) is 1. The molecule has 2 aromatic carbocycles. The fourth-order valence-electron chi connectivity index (χ4n) is 4.28. The largest absolute Gasteiger partial charge is 0.492 e. The van der Waals surface area contributed by atoms with Crippen molar-refractivity contribution in [3.8, 4) is 17.1 Å². The summed E-state index contributed by atoms with van der Waals surface area (Å²) < 4.78 is 5.98. The molecule has 1 saturated heterocycles. The van der Waals surface area contributed by atoms with Crippen molar-refractivity contribution in [2.24, 2.45) is 5.92 Å². The van der Waals surface area contributed by atoms with Gasteiger partial charge >= 0.3 is 0 Å². The molecule has 1 aliphatic rings. The Bertz CT molecular complexity index is 1030. The van der Waals surface area contributed by atoms with Gasteiger partial charge in [-0.1, -0.05) is 38.4 Å². The van der Waals surface area contributed by atoms with Gasteiger partial charge in [-0.05, 0) is 93.0 Å². The summed E-state index contributed by atoms with van der Waals surface area (Å²) in [7, 11) is 2.21. The molecule has 166 valence electrons. The Labute approximate surface area is 191 Å². The number of aromatic amines is 1. The lowest BCUT2D eigenvalue weighted by Gasteiger charge is -2.28. The number of ether oxygens (including phenoxy) is 1. The van der Waals surface area contributed by atoms with E-state index in [1.165, 1.54) is 37.9 Å². The SMILES string of the molecule is CN1CCC(CCCOc2ccc(-c3nc4cc(C(C)(C)C)ccc4[nH]3)cc2Cl)CC1. The van der Waals surface area contributed by atoms with Crippen molar-refractivity contribution in [3.05, 3.63) is 47.0 Å². The molecule has 0 amide bonds. The number of H-pyrrole nitrogens is 1. The highest BCUT2D eigenvalue weighted by molar-refractivity contribution is 6.32. The van der Waals surface area contributed by atoms with Crippen LogP contribution in [0, 0.1) is 5.92 Å². The minimum absolute atomic E-state index is 0.100. The highest BCUT2D eigenvalue weighted by Crippen LogP contribution is 2.32. The first-order valence-corrected chi connectivity index (χ1v) is 11.8. The van der Waals surface area contributed by atoms with Crippen LogP contribution in [0.25, 0.3) is 22.4 Å². The van der Waals surface area contributed by atoms with E-state index in [0.717, 1.165) is 40.5 Å². The molecule has 4 rings (SSSR count). The molecule has 5 heteroatoms. The lowest BCUT2D eigenvalue weighted by molar-refractivity contribution is 0.200. The van der Waals surface area contributed by atoms with Gasteiger partial charge in [-0.2, -0.15) is 0 Å². The van der Waals surface area contributed by atoms with Gasteiger partial charge in [-0.25, -0.2) is 4.98 Å². The Morgan fingerprint density at radius 2 is 1.90 bits per heavy atom. The summed E-state index contributed by atoms with van der Waals surface area (Å²) in [6.45, 7) is 9.80. The van der Waals surface area contributed by atoms with Crippen LogP contribution in [0.2, 0.25) is 5.02 Å². The second-order valence-electron chi connectivity index (χ2n) is 9.95. The van der Waals surface area contributed by atoms with E-state index in [1.54, 1.807) is 0 Å². The van der Waals surface area contributed by atoms with Crippen molar-refractivity contribution in [2.75, 3.05) is 26.7 Å². The van der Waals surface area contributed by atoms with Crippen molar-refractivity contribution in [1.82, 2.24) is 14.9 Å². The van der Waals surface area contributed by atoms with Crippen molar-refractivity contribution in [2.45, 2.75) is 51.9 Å². The average molecular weight is 440 g/mol. The van der Waals surface area contributed by atoms with Gasteiger partial charge in [0.25, 0.3) is 0 Å². The number of nitrogens with zero attached hydrogens (tertiary/aromatic N) is 2. The molecule has 31 heavy (non-hydrogen) atoms. The number of imidazole rings is 1. The van der Waals surface area contributed by atoms with E-state index >= 15 is 0 Å². The van der Waals surface area contributed by atoms with Crippen molar-refractivity contribution in [1.29, 1.82) is 0 Å². The summed E-state index contributed by atoms with van der Waals surface area (Å²) in [5.74, 6) is 2.42. The van der Waals surface area contributed by atoms with Gasteiger partial charge in [-0.3, -0.25) is 0 Å². The van der Waals surface area contributed by atoms with Gasteiger partial charge < -0.3 is 14.6 Å². The van der Waals surface area contributed by atoms with E-state index in [2.05, 4.69) is 55.9 Å². The van der Waals surface area contributed by atoms with Gasteiger partial charge in [0.2, 0.25) is 0 Å². The first-order chi connectivity index (χ1) is 14.8. The number of aromatic nitrogens is 2. The predicted molar refractivity (Wildman–Crippen MR) is 130 cm³/mol. The highest BCUT2D eigenvalue weighted by Gasteiger charge is 2.17. The molecule has 0 saturated carbocycles. The molecule has 0 spiro atoms. The molecule has 2 heterocycles. The number of piperidine rings is 1. The molecule has 3 aromatic rings. The van der Waals surface area contributed by atoms with E-state index < -0.39 is 0 Å². The molecule has 1 N–H and O–H groups in total. The molecule has 1 aromatic heterocycles. The first kappa shape index (κ1) is 22.2. The van der Waals surface area contributed by atoms with Crippen LogP contribution in [-0.4, -0.2) is 41.6 Å². The predicted octanol–water partition coefficient (Wildman–Crippen LogP) is 6.68. The Morgan fingerprint density at radius 1 is 1.13 bits per heavy atom. The van der Waals surface area contributed by atoms with Crippen LogP contribution in [0.1, 0.15) is 52.0 Å². The maximum Gasteiger partial charge on any atom is 0.138 e. The molecule has 0 atom stereocenters. The summed E-state index contributed by atoms with van der Waals surface area (Å²) in [4.78, 5) is 10.6.